The van der Waals surface area contributed by atoms with E-state index in [1.54, 1.807) is 23.2 Å². The van der Waals surface area contributed by atoms with Gasteiger partial charge in [-0.3, -0.25) is 14.8 Å². The van der Waals surface area contributed by atoms with Crippen molar-refractivity contribution in [2.75, 3.05) is 6.26 Å². The molecule has 4 rings (SSSR count). The lowest BCUT2D eigenvalue weighted by molar-refractivity contribution is -0.143. The highest BCUT2D eigenvalue weighted by molar-refractivity contribution is 7.92. The average Bonchev–Trinajstić information content (AvgIpc) is 3.52. The number of nitrogens with one attached hydrogen (secondary N) is 1. The number of ether oxygens (including phenoxy) is 1. The van der Waals surface area contributed by atoms with Gasteiger partial charge in [-0.2, -0.15) is 15.0 Å². The maximum Gasteiger partial charge on any atom is 0.293 e. The maximum absolute atomic E-state index is 12.5. The van der Waals surface area contributed by atoms with Crippen molar-refractivity contribution >= 4 is 33.1 Å². The van der Waals surface area contributed by atoms with Crippen LogP contribution in [-0.2, 0) is 30.7 Å². The molecular weight excluding hydrogens is 474 g/mol. The van der Waals surface area contributed by atoms with E-state index < -0.39 is 26.6 Å². The van der Waals surface area contributed by atoms with Crippen molar-refractivity contribution in [1.29, 1.82) is 0 Å². The van der Waals surface area contributed by atoms with E-state index in [0.717, 1.165) is 40.9 Å². The van der Waals surface area contributed by atoms with Gasteiger partial charge in [0.15, 0.2) is 14.6 Å². The summed E-state index contributed by atoms with van der Waals surface area (Å²) in [6, 6.07) is 15.3. The van der Waals surface area contributed by atoms with E-state index in [4.69, 9.17) is 9.94 Å². The van der Waals surface area contributed by atoms with Crippen molar-refractivity contribution in [2.45, 2.75) is 24.3 Å². The summed E-state index contributed by atoms with van der Waals surface area (Å²) in [5.74, 6) is -1.20. The topological polar surface area (TPSA) is 145 Å². The summed E-state index contributed by atoms with van der Waals surface area (Å²) in [7, 11) is -4.10. The highest BCUT2D eigenvalue weighted by Gasteiger charge is 2.52. The highest BCUT2D eigenvalue weighted by Crippen LogP contribution is 2.29. The van der Waals surface area contributed by atoms with Crippen molar-refractivity contribution in [3.63, 3.8) is 0 Å². The van der Waals surface area contributed by atoms with E-state index in [1.165, 1.54) is 10.3 Å². The van der Waals surface area contributed by atoms with Gasteiger partial charge in [0.2, 0.25) is 0 Å². The Morgan fingerprint density at radius 3 is 2.40 bits per heavy atom. The van der Waals surface area contributed by atoms with Gasteiger partial charge >= 0.3 is 0 Å². The van der Waals surface area contributed by atoms with Crippen LogP contribution in [0.25, 0.3) is 27.7 Å². The van der Waals surface area contributed by atoms with E-state index in [-0.39, 0.29) is 13.0 Å². The van der Waals surface area contributed by atoms with Crippen LogP contribution in [0.3, 0.4) is 0 Å². The number of aromatic nitrogens is 4. The number of sulfone groups is 1. The van der Waals surface area contributed by atoms with E-state index in [1.807, 2.05) is 48.5 Å². The van der Waals surface area contributed by atoms with Crippen molar-refractivity contribution < 1.29 is 28.0 Å². The monoisotopic (exact) mass is 497 g/mol. The number of benzene rings is 2. The predicted molar refractivity (Wildman–Crippen MR) is 126 cm³/mol. The first-order valence-electron chi connectivity index (χ1n) is 10.5. The SMILES string of the molecule is C[C@](C(=O)NO)(C(Cn1ccc2cc(-c3ccc(-n4nccn4)cc3)ccc21)OC=O)S(C)(=O)=O. The summed E-state index contributed by atoms with van der Waals surface area (Å²) >= 11 is 0. The van der Waals surface area contributed by atoms with Gasteiger partial charge in [-0.25, -0.2) is 13.9 Å². The first-order valence-corrected chi connectivity index (χ1v) is 12.4. The quantitative estimate of drug-likeness (QED) is 0.202. The number of carbonyl (C=O) groups is 2. The lowest BCUT2D eigenvalue weighted by atomic mass is 10.0. The van der Waals surface area contributed by atoms with Crippen molar-refractivity contribution in [2.24, 2.45) is 0 Å². The van der Waals surface area contributed by atoms with Gasteiger partial charge in [0, 0.05) is 23.4 Å². The van der Waals surface area contributed by atoms with Crippen LogP contribution in [0, 0.1) is 0 Å². The Morgan fingerprint density at radius 1 is 1.14 bits per heavy atom. The number of hydrogen-bond donors (Lipinski definition) is 2. The second-order valence-corrected chi connectivity index (χ2v) is 10.5. The van der Waals surface area contributed by atoms with Crippen LogP contribution in [0.15, 0.2) is 67.1 Å². The Bertz CT molecular complexity index is 1460. The van der Waals surface area contributed by atoms with Crippen LogP contribution in [0.4, 0.5) is 0 Å². The Morgan fingerprint density at radius 2 is 1.80 bits per heavy atom. The molecule has 0 bridgehead atoms. The molecule has 12 heteroatoms. The molecule has 0 fully saturated rings. The second kappa shape index (κ2) is 9.31. The van der Waals surface area contributed by atoms with Gasteiger partial charge in [-0.1, -0.05) is 18.2 Å². The standard InChI is InChI=1S/C23H23N5O6S/c1-23(22(30)26-31,35(2,32)33)21(34-15-29)14-27-12-9-18-13-17(5-8-20(18)27)16-3-6-19(7-4-16)28-24-10-11-25-28/h3-13,15,21,31H,14H2,1-2H3,(H,26,30)/t21?,23-/m1/s1. The van der Waals surface area contributed by atoms with E-state index in [0.29, 0.717) is 0 Å². The van der Waals surface area contributed by atoms with E-state index in [9.17, 15) is 18.0 Å². The van der Waals surface area contributed by atoms with Crippen LogP contribution >= 0.6 is 0 Å². The minimum Gasteiger partial charge on any atom is -0.460 e. The molecule has 35 heavy (non-hydrogen) atoms. The van der Waals surface area contributed by atoms with Crippen LogP contribution in [-0.4, -0.2) is 62.7 Å². The number of amides is 1. The molecule has 0 aliphatic carbocycles. The molecule has 2 aromatic carbocycles. The summed E-state index contributed by atoms with van der Waals surface area (Å²) in [6.07, 6.45) is 4.36. The third kappa shape index (κ3) is 4.40. The van der Waals surface area contributed by atoms with Crippen LogP contribution in [0.1, 0.15) is 6.92 Å². The van der Waals surface area contributed by atoms with Crippen LogP contribution < -0.4 is 5.48 Å². The van der Waals surface area contributed by atoms with E-state index >= 15 is 0 Å². The molecule has 0 radical (unpaired) electrons. The summed E-state index contributed by atoms with van der Waals surface area (Å²) < 4.78 is 29.5. The number of carbonyl (C=O) groups excluding carboxylic acids is 2. The molecule has 0 spiro atoms. The molecular formula is C23H23N5O6S. The summed E-state index contributed by atoms with van der Waals surface area (Å²) in [5, 5.41) is 18.2. The highest BCUT2D eigenvalue weighted by atomic mass is 32.2. The number of nitrogens with zero attached hydrogens (tertiary/aromatic N) is 4. The van der Waals surface area contributed by atoms with Gasteiger partial charge in [-0.15, -0.1) is 0 Å². The van der Waals surface area contributed by atoms with Crippen molar-refractivity contribution in [3.05, 3.63) is 67.1 Å². The van der Waals surface area contributed by atoms with E-state index in [2.05, 4.69) is 10.2 Å². The van der Waals surface area contributed by atoms with Gasteiger partial charge < -0.3 is 9.30 Å². The zero-order valence-corrected chi connectivity index (χ0v) is 19.7. The molecule has 4 aromatic rings. The molecule has 2 N–H and O–H groups in total. The molecule has 11 nitrogen and oxygen atoms in total. The summed E-state index contributed by atoms with van der Waals surface area (Å²) in [6.45, 7) is 1.06. The molecule has 2 heterocycles. The molecule has 2 atom stereocenters. The fraction of sp³-hybridized carbons (Fsp3) is 0.217. The van der Waals surface area contributed by atoms with Crippen molar-refractivity contribution in [1.82, 2.24) is 25.0 Å². The molecule has 0 saturated carbocycles. The molecule has 0 saturated heterocycles. The molecule has 1 amide bonds. The number of hydroxylamine groups is 1. The largest absolute Gasteiger partial charge is 0.460 e. The Labute approximate surface area is 200 Å². The molecule has 0 aliphatic rings. The van der Waals surface area contributed by atoms with Crippen molar-refractivity contribution in [3.8, 4) is 16.8 Å². The third-order valence-corrected chi connectivity index (χ3v) is 8.13. The number of hydrogen-bond acceptors (Lipinski definition) is 8. The number of rotatable bonds is 9. The zero-order chi connectivity index (χ0) is 25.2. The van der Waals surface area contributed by atoms with Gasteiger partial charge in [0.1, 0.15) is 6.10 Å². The third-order valence-electron chi connectivity index (χ3n) is 6.14. The fourth-order valence-corrected chi connectivity index (χ4v) is 4.92. The first kappa shape index (κ1) is 24.1. The maximum atomic E-state index is 12.5. The lowest BCUT2D eigenvalue weighted by Crippen LogP contribution is -2.59. The predicted octanol–water partition coefficient (Wildman–Crippen LogP) is 1.74. The molecule has 182 valence electrons. The van der Waals surface area contributed by atoms with Crippen LogP contribution in [0.5, 0.6) is 0 Å². The van der Waals surface area contributed by atoms with Gasteiger partial charge in [-0.05, 0) is 48.4 Å². The smallest absolute Gasteiger partial charge is 0.293 e. The lowest BCUT2D eigenvalue weighted by Gasteiger charge is -2.32. The Hall–Kier alpha value is -4.03. The molecule has 2 aromatic heterocycles. The fourth-order valence-electron chi connectivity index (χ4n) is 3.93. The van der Waals surface area contributed by atoms with Crippen LogP contribution in [0.2, 0.25) is 0 Å². The minimum atomic E-state index is -4.10. The summed E-state index contributed by atoms with van der Waals surface area (Å²) in [4.78, 5) is 25.0. The second-order valence-electron chi connectivity index (χ2n) is 8.15. The zero-order valence-electron chi connectivity index (χ0n) is 18.9. The normalized spacial score (nSPS) is 14.3. The molecule has 1 unspecified atom stereocenters. The van der Waals surface area contributed by atoms with Gasteiger partial charge in [0.25, 0.3) is 12.4 Å². The Balaban J connectivity index is 1.65. The summed E-state index contributed by atoms with van der Waals surface area (Å²) in [5.41, 5.74) is 4.87. The average molecular weight is 498 g/mol. The molecule has 0 aliphatic heterocycles. The Kier molecular flexibility index (Phi) is 6.41. The minimum absolute atomic E-state index is 0.0883. The van der Waals surface area contributed by atoms with Gasteiger partial charge in [0.05, 0.1) is 24.6 Å². The first-order chi connectivity index (χ1) is 16.7. The number of fused-ring (bicyclic) bond motifs is 1.